The van der Waals surface area contributed by atoms with Crippen molar-refractivity contribution in [1.29, 1.82) is 0 Å². The van der Waals surface area contributed by atoms with Crippen molar-refractivity contribution >= 4 is 0 Å². The molecule has 3 aromatic rings. The van der Waals surface area contributed by atoms with E-state index in [-0.39, 0.29) is 0 Å². The fourth-order valence-electron chi connectivity index (χ4n) is 4.32. The monoisotopic (exact) mass is 488 g/mol. The van der Waals surface area contributed by atoms with Crippen LogP contribution in [0.5, 0.6) is 0 Å². The Morgan fingerprint density at radius 2 is 1.40 bits per heavy atom. The van der Waals surface area contributed by atoms with E-state index in [1.54, 1.807) is 6.07 Å². The van der Waals surface area contributed by atoms with E-state index in [0.29, 0.717) is 17.5 Å². The Labute approximate surface area is 201 Å². The lowest BCUT2D eigenvalue weighted by Gasteiger charge is -2.40. The molecule has 4 rings (SSSR count). The summed E-state index contributed by atoms with van der Waals surface area (Å²) in [4.78, 5) is 0. The number of aliphatic hydroxyl groups excluding tert-OH is 4. The quantitative estimate of drug-likeness (QED) is 0.439. The van der Waals surface area contributed by atoms with Crippen molar-refractivity contribution in [2.45, 2.75) is 50.0 Å². The molecule has 0 spiro atoms. The number of benzene rings is 3. The molecule has 1 heterocycles. The van der Waals surface area contributed by atoms with Gasteiger partial charge in [-0.15, -0.1) is 0 Å². The van der Waals surface area contributed by atoms with E-state index in [9.17, 15) is 33.6 Å². The van der Waals surface area contributed by atoms with E-state index in [2.05, 4.69) is 0 Å². The predicted octanol–water partition coefficient (Wildman–Crippen LogP) is 3.79. The molecule has 1 fully saturated rings. The molecule has 3 aromatic carbocycles. The standard InChI is InChI=1S/C27H27F3O5/c1-15-2-5-19(26-25(34)24(33)23(32)22(14-31)35-26)13-20(15)12-16-3-6-17(7-4-16)18-8-10-21(11-9-18)27(28,29)30/h2-11,13,22-26,31-34H,12,14H2,1H3/t22-,23-,24+,25-,26+/m1/s1. The first-order chi connectivity index (χ1) is 16.6. The largest absolute Gasteiger partial charge is 0.416 e. The normalized spacial score (nSPS) is 25.0. The number of alkyl halides is 3. The van der Waals surface area contributed by atoms with Gasteiger partial charge in [0.2, 0.25) is 0 Å². The number of aliphatic hydroxyl groups is 4. The summed E-state index contributed by atoms with van der Waals surface area (Å²) in [7, 11) is 0. The van der Waals surface area contributed by atoms with Crippen molar-refractivity contribution in [3.63, 3.8) is 0 Å². The first-order valence-corrected chi connectivity index (χ1v) is 11.2. The molecule has 1 saturated heterocycles. The van der Waals surface area contributed by atoms with Gasteiger partial charge in [0.15, 0.2) is 0 Å². The molecule has 0 saturated carbocycles. The average Bonchev–Trinajstić information content (AvgIpc) is 2.84. The molecule has 0 bridgehead atoms. The second kappa shape index (κ2) is 10.1. The fraction of sp³-hybridized carbons (Fsp3) is 0.333. The highest BCUT2D eigenvalue weighted by molar-refractivity contribution is 5.64. The highest BCUT2D eigenvalue weighted by Crippen LogP contribution is 2.34. The van der Waals surface area contributed by atoms with E-state index in [0.717, 1.165) is 34.4 Å². The number of aryl methyl sites for hydroxylation is 1. The summed E-state index contributed by atoms with van der Waals surface area (Å²) in [6, 6.07) is 18.1. The Bertz CT molecular complexity index is 1140. The zero-order valence-electron chi connectivity index (χ0n) is 19.0. The molecule has 8 heteroatoms. The zero-order chi connectivity index (χ0) is 25.3. The van der Waals surface area contributed by atoms with Crippen molar-refractivity contribution in [3.05, 3.63) is 94.5 Å². The first kappa shape index (κ1) is 25.3. The van der Waals surface area contributed by atoms with Crippen LogP contribution in [0, 0.1) is 6.92 Å². The topological polar surface area (TPSA) is 90.2 Å². The molecular weight excluding hydrogens is 461 g/mol. The maximum Gasteiger partial charge on any atom is 0.416 e. The third-order valence-electron chi connectivity index (χ3n) is 6.49. The van der Waals surface area contributed by atoms with E-state index in [1.165, 1.54) is 12.1 Å². The summed E-state index contributed by atoms with van der Waals surface area (Å²) < 4.78 is 44.1. The van der Waals surface area contributed by atoms with Crippen LogP contribution in [0.2, 0.25) is 0 Å². The summed E-state index contributed by atoms with van der Waals surface area (Å²) in [6.07, 6.45) is -9.93. The number of hydrogen-bond donors (Lipinski definition) is 4. The molecule has 4 N–H and O–H groups in total. The van der Waals surface area contributed by atoms with Crippen molar-refractivity contribution < 1.29 is 38.3 Å². The van der Waals surface area contributed by atoms with Gasteiger partial charge in [0, 0.05) is 0 Å². The molecule has 0 aromatic heterocycles. The van der Waals surface area contributed by atoms with Crippen LogP contribution in [0.4, 0.5) is 13.2 Å². The van der Waals surface area contributed by atoms with Gasteiger partial charge in [0.05, 0.1) is 12.2 Å². The van der Waals surface area contributed by atoms with E-state index >= 15 is 0 Å². The number of halogens is 3. The Kier molecular flexibility index (Phi) is 7.30. The molecule has 5 nitrogen and oxygen atoms in total. The van der Waals surface area contributed by atoms with E-state index < -0.39 is 48.9 Å². The van der Waals surface area contributed by atoms with Crippen LogP contribution in [0.1, 0.15) is 33.9 Å². The van der Waals surface area contributed by atoms with Crippen molar-refractivity contribution in [3.8, 4) is 11.1 Å². The molecule has 0 radical (unpaired) electrons. The van der Waals surface area contributed by atoms with Gasteiger partial charge in [0.1, 0.15) is 30.5 Å². The molecule has 0 aliphatic carbocycles. The number of hydrogen-bond acceptors (Lipinski definition) is 5. The second-order valence-electron chi connectivity index (χ2n) is 8.88. The summed E-state index contributed by atoms with van der Waals surface area (Å²) in [5.74, 6) is 0. The SMILES string of the molecule is Cc1ccc([C@@H]2O[C@H](CO)[C@@H](O)[C@H](O)[C@H]2O)cc1Cc1ccc(-c2ccc(C(F)(F)F)cc2)cc1. The Hall–Kier alpha value is -2.75. The molecular formula is C27H27F3O5. The smallest absolute Gasteiger partial charge is 0.394 e. The molecule has 1 aliphatic heterocycles. The van der Waals surface area contributed by atoms with Crippen LogP contribution >= 0.6 is 0 Å². The average molecular weight is 489 g/mol. The molecule has 0 unspecified atom stereocenters. The predicted molar refractivity (Wildman–Crippen MR) is 124 cm³/mol. The minimum atomic E-state index is -4.37. The Balaban J connectivity index is 1.52. The van der Waals surface area contributed by atoms with Crippen LogP contribution in [0.15, 0.2) is 66.7 Å². The molecule has 5 atom stereocenters. The third-order valence-corrected chi connectivity index (χ3v) is 6.49. The summed E-state index contributed by atoms with van der Waals surface area (Å²) in [5, 5.41) is 40.0. The van der Waals surface area contributed by atoms with E-state index in [1.807, 2.05) is 43.3 Å². The van der Waals surface area contributed by atoms with Gasteiger partial charge in [-0.05, 0) is 58.9 Å². The van der Waals surface area contributed by atoms with Crippen LogP contribution in [0.25, 0.3) is 11.1 Å². The maximum atomic E-state index is 12.8. The first-order valence-electron chi connectivity index (χ1n) is 11.2. The summed E-state index contributed by atoms with van der Waals surface area (Å²) >= 11 is 0. The Morgan fingerprint density at radius 3 is 1.97 bits per heavy atom. The molecule has 35 heavy (non-hydrogen) atoms. The fourth-order valence-corrected chi connectivity index (χ4v) is 4.32. The van der Waals surface area contributed by atoms with Crippen LogP contribution in [0.3, 0.4) is 0 Å². The molecule has 186 valence electrons. The zero-order valence-corrected chi connectivity index (χ0v) is 19.0. The van der Waals surface area contributed by atoms with Crippen LogP contribution in [-0.2, 0) is 17.3 Å². The van der Waals surface area contributed by atoms with Gasteiger partial charge < -0.3 is 25.2 Å². The number of ether oxygens (including phenoxy) is 1. The Morgan fingerprint density at radius 1 is 0.800 bits per heavy atom. The lowest BCUT2D eigenvalue weighted by molar-refractivity contribution is -0.231. The minimum absolute atomic E-state index is 0.495. The highest BCUT2D eigenvalue weighted by atomic mass is 19.4. The minimum Gasteiger partial charge on any atom is -0.394 e. The molecule has 1 aliphatic rings. The van der Waals surface area contributed by atoms with Crippen molar-refractivity contribution in [1.82, 2.24) is 0 Å². The van der Waals surface area contributed by atoms with Gasteiger partial charge in [-0.1, -0.05) is 54.6 Å². The summed E-state index contributed by atoms with van der Waals surface area (Å²) in [6.45, 7) is 1.45. The van der Waals surface area contributed by atoms with Crippen molar-refractivity contribution in [2.75, 3.05) is 6.61 Å². The third kappa shape index (κ3) is 5.42. The number of rotatable bonds is 5. The second-order valence-corrected chi connectivity index (χ2v) is 8.88. The lowest BCUT2D eigenvalue weighted by atomic mass is 9.89. The van der Waals surface area contributed by atoms with E-state index in [4.69, 9.17) is 4.74 Å². The van der Waals surface area contributed by atoms with Gasteiger partial charge in [-0.2, -0.15) is 13.2 Å². The van der Waals surface area contributed by atoms with Crippen molar-refractivity contribution in [2.24, 2.45) is 0 Å². The van der Waals surface area contributed by atoms with Gasteiger partial charge in [-0.25, -0.2) is 0 Å². The maximum absolute atomic E-state index is 12.8. The lowest BCUT2D eigenvalue weighted by Crippen LogP contribution is -2.55. The van der Waals surface area contributed by atoms with Crippen LogP contribution in [-0.4, -0.2) is 51.4 Å². The van der Waals surface area contributed by atoms with Gasteiger partial charge in [-0.3, -0.25) is 0 Å². The highest BCUT2D eigenvalue weighted by Gasteiger charge is 2.44. The summed E-state index contributed by atoms with van der Waals surface area (Å²) in [5.41, 5.74) is 4.36. The van der Waals surface area contributed by atoms with Gasteiger partial charge in [0.25, 0.3) is 0 Å². The van der Waals surface area contributed by atoms with Crippen LogP contribution < -0.4 is 0 Å². The van der Waals surface area contributed by atoms with Gasteiger partial charge >= 0.3 is 6.18 Å². The molecule has 0 amide bonds.